The molecule has 6 rings (SSSR count). The van der Waals surface area contributed by atoms with Crippen molar-refractivity contribution in [2.24, 2.45) is 11.8 Å². The minimum atomic E-state index is -0.0709. The highest BCUT2D eigenvalue weighted by Gasteiger charge is 2.47. The van der Waals surface area contributed by atoms with E-state index >= 15 is 0 Å². The molecular formula is C76H120N2O4S4. The van der Waals surface area contributed by atoms with Crippen LogP contribution in [0.25, 0.3) is 35.0 Å². The molecule has 6 nitrogen and oxygen atoms in total. The summed E-state index contributed by atoms with van der Waals surface area (Å²) in [6, 6.07) is 17.8. The number of aryl methyl sites for hydroxylation is 1. The van der Waals surface area contributed by atoms with Crippen LogP contribution in [0, 0.1) is 18.8 Å². The van der Waals surface area contributed by atoms with Crippen LogP contribution in [-0.2, 0) is 19.1 Å². The van der Waals surface area contributed by atoms with Crippen LogP contribution in [0.1, 0.15) is 301 Å². The number of thiophene rings is 4. The summed E-state index contributed by atoms with van der Waals surface area (Å²) in [5.74, 6) is 0.945. The van der Waals surface area contributed by atoms with Crippen molar-refractivity contribution in [3.05, 3.63) is 75.1 Å². The number of amides is 2. The maximum atomic E-state index is 15.0. The first-order valence-electron chi connectivity index (χ1n) is 35.9. The van der Waals surface area contributed by atoms with E-state index < -0.39 is 0 Å². The number of allylic oxidation sites excluding steroid dienone is 1. The molecule has 0 saturated heterocycles. The van der Waals surface area contributed by atoms with E-state index in [1.54, 1.807) is 11.3 Å². The Bertz CT molecular complexity index is 2510. The topological polar surface area (TPSA) is 59.1 Å². The molecule has 86 heavy (non-hydrogen) atoms. The number of unbranched alkanes of at least 4 members (excludes halogenated alkanes) is 32. The Labute approximate surface area is 542 Å². The van der Waals surface area contributed by atoms with Crippen LogP contribution in [0.2, 0.25) is 0 Å². The third-order valence-electron chi connectivity index (χ3n) is 18.5. The summed E-state index contributed by atoms with van der Waals surface area (Å²) in [6.45, 7) is 16.6. The molecule has 0 spiro atoms. The van der Waals surface area contributed by atoms with Gasteiger partial charge < -0.3 is 19.3 Å². The van der Waals surface area contributed by atoms with Crippen molar-refractivity contribution in [3.63, 3.8) is 0 Å². The lowest BCUT2D eigenvalue weighted by molar-refractivity contribution is -0.125. The predicted octanol–water partition coefficient (Wildman–Crippen LogP) is 24.9. The average Bonchev–Trinajstić information content (AvgIpc) is 1.61. The lowest BCUT2D eigenvalue weighted by atomic mass is 9.94. The molecule has 10 heteroatoms. The number of hydrogen-bond acceptors (Lipinski definition) is 8. The van der Waals surface area contributed by atoms with Crippen LogP contribution in [0.3, 0.4) is 0 Å². The summed E-state index contributed by atoms with van der Waals surface area (Å²) in [5, 5.41) is 0. The highest BCUT2D eigenvalue weighted by Crippen LogP contribution is 2.48. The largest absolute Gasteiger partial charge is 0.379 e. The molecule has 0 bridgehead atoms. The lowest BCUT2D eigenvalue weighted by Gasteiger charge is -2.24. The summed E-state index contributed by atoms with van der Waals surface area (Å²) in [5.41, 5.74) is 2.64. The zero-order valence-corrected chi connectivity index (χ0v) is 58.7. The number of nitrogens with zero attached hydrogens (tertiary/aromatic N) is 2. The highest BCUT2D eigenvalue weighted by atomic mass is 32.1. The van der Waals surface area contributed by atoms with Gasteiger partial charge in [-0.05, 0) is 99.9 Å². The molecule has 0 aliphatic carbocycles. The number of rotatable bonds is 54. The Morgan fingerprint density at radius 2 is 0.616 bits per heavy atom. The minimum absolute atomic E-state index is 0.0709. The van der Waals surface area contributed by atoms with Crippen molar-refractivity contribution in [2.75, 3.05) is 39.5 Å². The third-order valence-corrected chi connectivity index (χ3v) is 23.3. The molecule has 482 valence electrons. The molecule has 0 radical (unpaired) electrons. The molecule has 2 amide bonds. The summed E-state index contributed by atoms with van der Waals surface area (Å²) in [4.78, 5) is 43.5. The smallest absolute Gasteiger partial charge is 0.261 e. The van der Waals surface area contributed by atoms with Gasteiger partial charge in [0.1, 0.15) is 0 Å². The normalized spacial score (nSPS) is 14.3. The van der Waals surface area contributed by atoms with E-state index in [4.69, 9.17) is 9.47 Å². The molecule has 2 atom stereocenters. The van der Waals surface area contributed by atoms with Gasteiger partial charge in [-0.25, -0.2) is 0 Å². The van der Waals surface area contributed by atoms with Crippen LogP contribution in [0.4, 0.5) is 0 Å². The SMILES string of the molecule is CCCCCCCCCCCCC(CCCCCCCCCC)COCCN1C(=O)C2=C(c3ccc(-c4ccc(-c5ccc(-c6ccc(C)s6)s5)s4)s3)N(CCOCC(CCCCCCCCCC)CCCCCCCCCCCC)C(=O)C2=C1C. The Hall–Kier alpha value is -2.86. The third kappa shape index (κ3) is 25.4. The Morgan fingerprint density at radius 1 is 0.337 bits per heavy atom. The zero-order valence-electron chi connectivity index (χ0n) is 55.5. The van der Waals surface area contributed by atoms with Crippen molar-refractivity contribution in [1.29, 1.82) is 0 Å². The van der Waals surface area contributed by atoms with E-state index in [0.29, 0.717) is 49.3 Å². The van der Waals surface area contributed by atoms with E-state index in [1.165, 1.54) is 286 Å². The first kappa shape index (κ1) is 72.2. The first-order valence-corrected chi connectivity index (χ1v) is 39.2. The van der Waals surface area contributed by atoms with Crippen LogP contribution in [0.15, 0.2) is 65.4 Å². The second kappa shape index (κ2) is 43.8. The van der Waals surface area contributed by atoms with Gasteiger partial charge in [0.2, 0.25) is 0 Å². The highest BCUT2D eigenvalue weighted by molar-refractivity contribution is 7.28. The van der Waals surface area contributed by atoms with Gasteiger partial charge in [0.15, 0.2) is 0 Å². The summed E-state index contributed by atoms with van der Waals surface area (Å²) in [6.07, 6.45) is 53.4. The molecular weight excluding hydrogens is 1130 g/mol. The summed E-state index contributed by atoms with van der Waals surface area (Å²) >= 11 is 7.22. The Morgan fingerprint density at radius 3 is 0.953 bits per heavy atom. The monoisotopic (exact) mass is 1250 g/mol. The Kier molecular flexibility index (Phi) is 36.8. The molecule has 6 heterocycles. The molecule has 4 aromatic rings. The molecule has 0 aromatic carbocycles. The molecule has 0 saturated carbocycles. The van der Waals surface area contributed by atoms with E-state index in [2.05, 4.69) is 83.1 Å². The molecule has 0 fully saturated rings. The molecule has 2 aliphatic rings. The van der Waals surface area contributed by atoms with Gasteiger partial charge in [0.05, 0.1) is 34.9 Å². The minimum Gasteiger partial charge on any atom is -0.379 e. The Balaban J connectivity index is 1.11. The van der Waals surface area contributed by atoms with E-state index in [9.17, 15) is 9.59 Å². The van der Waals surface area contributed by atoms with Gasteiger partial charge >= 0.3 is 0 Å². The fraction of sp³-hybridized carbons (Fsp3) is 0.711. The number of hydrogen-bond donors (Lipinski definition) is 0. The fourth-order valence-electron chi connectivity index (χ4n) is 13.1. The number of carbonyl (C=O) groups excluding carboxylic acids is 2. The standard InChI is InChI=1S/C76H120N2O4S4/c1-7-11-15-19-23-27-29-33-37-41-44-63(43-39-35-31-25-21-17-13-9-3)59-81-57-55-77-62(6)72-73(76(77)80)74(71-54-53-70(86-71)69-52-51-68(85-69)67-50-49-66(84-67)65-48-47-61(5)83-65)78(75(72)79)56-58-82-60-64(45-40-36-32-26-22-18-14-10-4)46-42-38-34-30-28-24-20-16-12-8-2/h47-54,63-64H,7-46,55-60H2,1-6H3. The van der Waals surface area contributed by atoms with Gasteiger partial charge in [0.25, 0.3) is 11.8 Å². The van der Waals surface area contributed by atoms with Crippen molar-refractivity contribution in [3.8, 4) is 29.3 Å². The van der Waals surface area contributed by atoms with Gasteiger partial charge in [-0.15, -0.1) is 45.3 Å². The number of ether oxygens (including phenoxy) is 2. The second-order valence-corrected chi connectivity index (χ2v) is 30.4. The number of carbonyl (C=O) groups is 2. The van der Waals surface area contributed by atoms with Gasteiger partial charge in [-0.3, -0.25) is 9.59 Å². The lowest BCUT2D eigenvalue weighted by Crippen LogP contribution is -2.33. The van der Waals surface area contributed by atoms with Gasteiger partial charge in [-0.2, -0.15) is 0 Å². The molecule has 0 N–H and O–H groups in total. The fourth-order valence-corrected chi connectivity index (χ4v) is 17.3. The quantitative estimate of drug-likeness (QED) is 0.0413. The van der Waals surface area contributed by atoms with Crippen LogP contribution >= 0.6 is 45.3 Å². The van der Waals surface area contributed by atoms with Gasteiger partial charge in [0, 0.05) is 66.1 Å². The van der Waals surface area contributed by atoms with Crippen LogP contribution < -0.4 is 0 Å². The average molecular weight is 1250 g/mol. The van der Waals surface area contributed by atoms with Crippen LogP contribution in [-0.4, -0.2) is 61.1 Å². The van der Waals surface area contributed by atoms with Crippen molar-refractivity contribution < 1.29 is 19.1 Å². The van der Waals surface area contributed by atoms with E-state index in [0.717, 1.165) is 34.4 Å². The molecule has 2 aliphatic heterocycles. The van der Waals surface area contributed by atoms with Crippen molar-refractivity contribution in [2.45, 2.75) is 298 Å². The van der Waals surface area contributed by atoms with E-state index in [1.807, 2.05) is 50.7 Å². The number of fused-ring (bicyclic) bond motifs is 1. The van der Waals surface area contributed by atoms with Crippen LogP contribution in [0.5, 0.6) is 0 Å². The summed E-state index contributed by atoms with van der Waals surface area (Å²) < 4.78 is 13.2. The first-order chi connectivity index (χ1) is 42.3. The van der Waals surface area contributed by atoms with Crippen molar-refractivity contribution >= 4 is 62.9 Å². The summed E-state index contributed by atoms with van der Waals surface area (Å²) in [7, 11) is 0. The zero-order chi connectivity index (χ0) is 60.8. The van der Waals surface area contributed by atoms with Gasteiger partial charge in [-0.1, -0.05) is 259 Å². The molecule has 4 aromatic heterocycles. The van der Waals surface area contributed by atoms with Crippen molar-refractivity contribution in [1.82, 2.24) is 9.80 Å². The maximum Gasteiger partial charge on any atom is 0.261 e. The second-order valence-electron chi connectivity index (χ2n) is 25.8. The van der Waals surface area contributed by atoms with E-state index in [-0.39, 0.29) is 11.8 Å². The maximum absolute atomic E-state index is 15.0. The predicted molar refractivity (Wildman–Crippen MR) is 378 cm³/mol. The molecule has 2 unspecified atom stereocenters.